The van der Waals surface area contributed by atoms with Crippen molar-refractivity contribution in [1.82, 2.24) is 0 Å². The molecule has 0 heterocycles. The summed E-state index contributed by atoms with van der Waals surface area (Å²) >= 11 is 0. The van der Waals surface area contributed by atoms with Gasteiger partial charge in [0.25, 0.3) is 0 Å². The van der Waals surface area contributed by atoms with Crippen molar-refractivity contribution < 1.29 is 13.2 Å². The number of rotatable bonds is 6. The molecular weight excluding hydrogens is 178 g/mol. The van der Waals surface area contributed by atoms with Gasteiger partial charge in [0.2, 0.25) is 10.0 Å². The Hall–Kier alpha value is -0.390. The molecule has 2 N–H and O–H groups in total. The molecule has 0 aromatic rings. The van der Waals surface area contributed by atoms with Crippen LogP contribution in [0.4, 0.5) is 0 Å². The molecule has 0 amide bonds. The quantitative estimate of drug-likeness (QED) is 0.609. The predicted octanol–water partition coefficient (Wildman–Crippen LogP) is 0.114. The van der Waals surface area contributed by atoms with Crippen LogP contribution in [0.1, 0.15) is 6.42 Å². The van der Waals surface area contributed by atoms with Gasteiger partial charge < -0.3 is 4.74 Å². The zero-order valence-corrected chi connectivity index (χ0v) is 8.01. The zero-order chi connectivity index (χ0) is 9.61. The summed E-state index contributed by atoms with van der Waals surface area (Å²) in [5, 5.41) is 4.88. The third-order valence-electron chi connectivity index (χ3n) is 1.37. The lowest BCUT2D eigenvalue weighted by Crippen LogP contribution is -2.25. The number of allylic oxidation sites excluding steroid dienone is 1. The second-order valence-electron chi connectivity index (χ2n) is 2.68. The Bertz CT molecular complexity index is 223. The van der Waals surface area contributed by atoms with Crippen molar-refractivity contribution in [3.63, 3.8) is 0 Å². The van der Waals surface area contributed by atoms with Crippen molar-refractivity contribution in [2.75, 3.05) is 19.5 Å². The monoisotopic (exact) mass is 193 g/mol. The fraction of sp³-hybridized carbons (Fsp3) is 0.714. The number of ether oxygens (including phenoxy) is 1. The van der Waals surface area contributed by atoms with Crippen molar-refractivity contribution in [3.8, 4) is 0 Å². The molecule has 72 valence electrons. The van der Waals surface area contributed by atoms with Crippen LogP contribution in [0.15, 0.2) is 12.7 Å². The molecule has 1 atom stereocenters. The van der Waals surface area contributed by atoms with Crippen LogP contribution in [0.5, 0.6) is 0 Å². The van der Waals surface area contributed by atoms with E-state index in [1.807, 2.05) is 0 Å². The molecule has 0 rings (SSSR count). The molecule has 0 bridgehead atoms. The maximum Gasteiger partial charge on any atom is 0.209 e. The van der Waals surface area contributed by atoms with Gasteiger partial charge in [0.1, 0.15) is 0 Å². The first-order valence-electron chi connectivity index (χ1n) is 3.60. The highest BCUT2D eigenvalue weighted by Crippen LogP contribution is 2.06. The molecule has 0 aliphatic rings. The highest BCUT2D eigenvalue weighted by Gasteiger charge is 2.13. The lowest BCUT2D eigenvalue weighted by molar-refractivity contribution is 0.162. The summed E-state index contributed by atoms with van der Waals surface area (Å²) < 4.78 is 26.2. The number of nitrogens with two attached hydrogens (primary N) is 1. The fourth-order valence-electron chi connectivity index (χ4n) is 0.984. The number of hydrogen-bond acceptors (Lipinski definition) is 3. The normalized spacial score (nSPS) is 14.2. The van der Waals surface area contributed by atoms with Crippen LogP contribution in [0.2, 0.25) is 0 Å². The van der Waals surface area contributed by atoms with Gasteiger partial charge in [-0.15, -0.1) is 6.58 Å². The van der Waals surface area contributed by atoms with Crippen LogP contribution in [-0.2, 0) is 14.8 Å². The zero-order valence-electron chi connectivity index (χ0n) is 7.19. The topological polar surface area (TPSA) is 69.4 Å². The number of hydrogen-bond donors (Lipinski definition) is 1. The summed E-state index contributed by atoms with van der Waals surface area (Å²) in [6, 6.07) is 0. The third kappa shape index (κ3) is 6.33. The molecule has 12 heavy (non-hydrogen) atoms. The molecule has 0 aliphatic heterocycles. The second kappa shape index (κ2) is 5.29. The molecular formula is C7H15NO3S. The van der Waals surface area contributed by atoms with E-state index in [0.29, 0.717) is 13.0 Å². The molecule has 0 aromatic carbocycles. The van der Waals surface area contributed by atoms with Gasteiger partial charge in [-0.2, -0.15) is 0 Å². The van der Waals surface area contributed by atoms with Crippen LogP contribution < -0.4 is 5.14 Å². The maximum absolute atomic E-state index is 10.7. The molecule has 4 nitrogen and oxygen atoms in total. The van der Waals surface area contributed by atoms with Crippen LogP contribution >= 0.6 is 0 Å². The lowest BCUT2D eigenvalue weighted by Gasteiger charge is -2.11. The average Bonchev–Trinajstić information content (AvgIpc) is 1.84. The number of methoxy groups -OCH3 is 1. The van der Waals surface area contributed by atoms with Gasteiger partial charge in [0.15, 0.2) is 0 Å². The SMILES string of the molecule is C=CC[C@H](COC)CS(N)(=O)=O. The van der Waals surface area contributed by atoms with Crippen LogP contribution in [0.3, 0.4) is 0 Å². The first kappa shape index (κ1) is 11.6. The van der Waals surface area contributed by atoms with Gasteiger partial charge in [0.05, 0.1) is 12.4 Å². The maximum atomic E-state index is 10.7. The molecule has 0 radical (unpaired) electrons. The molecule has 0 unspecified atom stereocenters. The minimum atomic E-state index is -3.40. The molecule has 0 spiro atoms. The minimum absolute atomic E-state index is 0.0488. The van der Waals surface area contributed by atoms with Gasteiger partial charge in [-0.3, -0.25) is 0 Å². The summed E-state index contributed by atoms with van der Waals surface area (Å²) in [6.45, 7) is 3.91. The summed E-state index contributed by atoms with van der Waals surface area (Å²) in [6.07, 6.45) is 2.26. The van der Waals surface area contributed by atoms with Gasteiger partial charge >= 0.3 is 0 Å². The molecule has 0 aromatic heterocycles. The van der Waals surface area contributed by atoms with Crippen molar-refractivity contribution in [1.29, 1.82) is 0 Å². The molecule has 0 fully saturated rings. The highest BCUT2D eigenvalue weighted by atomic mass is 32.2. The number of primary sulfonamides is 1. The van der Waals surface area contributed by atoms with E-state index in [1.54, 1.807) is 6.08 Å². The van der Waals surface area contributed by atoms with E-state index in [9.17, 15) is 8.42 Å². The van der Waals surface area contributed by atoms with Crippen LogP contribution in [-0.4, -0.2) is 27.9 Å². The van der Waals surface area contributed by atoms with E-state index in [2.05, 4.69) is 6.58 Å². The average molecular weight is 193 g/mol. The van der Waals surface area contributed by atoms with E-state index < -0.39 is 10.0 Å². The molecule has 0 aliphatic carbocycles. The van der Waals surface area contributed by atoms with Crippen molar-refractivity contribution in [3.05, 3.63) is 12.7 Å². The Morgan fingerprint density at radius 1 is 1.67 bits per heavy atom. The Morgan fingerprint density at radius 3 is 2.58 bits per heavy atom. The highest BCUT2D eigenvalue weighted by molar-refractivity contribution is 7.89. The largest absolute Gasteiger partial charge is 0.384 e. The summed E-state index contributed by atoms with van der Waals surface area (Å²) in [5.41, 5.74) is 0. The van der Waals surface area contributed by atoms with Crippen molar-refractivity contribution in [2.24, 2.45) is 11.1 Å². The number of sulfonamides is 1. The minimum Gasteiger partial charge on any atom is -0.384 e. The van der Waals surface area contributed by atoms with Gasteiger partial charge in [0, 0.05) is 13.0 Å². The van der Waals surface area contributed by atoms with Crippen molar-refractivity contribution >= 4 is 10.0 Å². The molecule has 0 saturated carbocycles. The first-order valence-corrected chi connectivity index (χ1v) is 5.31. The summed E-state index contributed by atoms with van der Waals surface area (Å²) in [4.78, 5) is 0. The Balaban J connectivity index is 4.03. The Morgan fingerprint density at radius 2 is 2.25 bits per heavy atom. The Kier molecular flexibility index (Phi) is 5.12. The second-order valence-corrected chi connectivity index (χ2v) is 4.33. The predicted molar refractivity (Wildman–Crippen MR) is 48.2 cm³/mol. The summed E-state index contributed by atoms with van der Waals surface area (Å²) in [5.74, 6) is -0.130. The van der Waals surface area contributed by atoms with E-state index in [-0.39, 0.29) is 11.7 Å². The summed E-state index contributed by atoms with van der Waals surface area (Å²) in [7, 11) is -1.87. The first-order chi connectivity index (χ1) is 5.49. The van der Waals surface area contributed by atoms with Gasteiger partial charge in [-0.05, 0) is 6.42 Å². The van der Waals surface area contributed by atoms with E-state index in [0.717, 1.165) is 0 Å². The van der Waals surface area contributed by atoms with Crippen LogP contribution in [0, 0.1) is 5.92 Å². The molecule has 5 heteroatoms. The Labute approximate surface area is 73.5 Å². The van der Waals surface area contributed by atoms with Crippen LogP contribution in [0.25, 0.3) is 0 Å². The van der Waals surface area contributed by atoms with Gasteiger partial charge in [-0.25, -0.2) is 13.6 Å². The third-order valence-corrected chi connectivity index (χ3v) is 2.31. The molecule has 0 saturated heterocycles. The van der Waals surface area contributed by atoms with E-state index in [4.69, 9.17) is 9.88 Å². The van der Waals surface area contributed by atoms with E-state index >= 15 is 0 Å². The fourth-order valence-corrected chi connectivity index (χ4v) is 1.87. The standard InChI is InChI=1S/C7H15NO3S/c1-3-4-7(5-11-2)6-12(8,9)10/h3,7H,1,4-6H2,2H3,(H2,8,9,10)/t7-/m1/s1. The smallest absolute Gasteiger partial charge is 0.209 e. The lowest BCUT2D eigenvalue weighted by atomic mass is 10.1. The van der Waals surface area contributed by atoms with Gasteiger partial charge in [-0.1, -0.05) is 6.08 Å². The van der Waals surface area contributed by atoms with E-state index in [1.165, 1.54) is 7.11 Å². The van der Waals surface area contributed by atoms with Crippen molar-refractivity contribution in [2.45, 2.75) is 6.42 Å².